The third-order valence-corrected chi connectivity index (χ3v) is 17.8. The van der Waals surface area contributed by atoms with Gasteiger partial charge in [0, 0.05) is 60.0 Å². The third kappa shape index (κ3) is 7.88. The summed E-state index contributed by atoms with van der Waals surface area (Å²) in [7, 11) is 0. The molecule has 5 aromatic heterocycles. The molecule has 0 radical (unpaired) electrons. The lowest BCUT2D eigenvalue weighted by molar-refractivity contribution is 0.893. The van der Waals surface area contributed by atoms with Gasteiger partial charge in [0.05, 0.1) is 44.1 Å². The quantitative estimate of drug-likeness (QED) is 0.145. The maximum Gasteiger partial charge on any atom is 0.240 e. The van der Waals surface area contributed by atoms with Crippen molar-refractivity contribution in [2.45, 2.75) is 0 Å². The Morgan fingerprint density at radius 3 is 0.852 bits per heavy atom. The van der Waals surface area contributed by atoms with Crippen LogP contribution in [-0.2, 0) is 0 Å². The second kappa shape index (κ2) is 19.8. The van der Waals surface area contributed by atoms with Gasteiger partial charge in [0.25, 0.3) is 0 Å². The first-order valence-corrected chi connectivity index (χ1v) is 29.9. The van der Waals surface area contributed by atoms with Gasteiger partial charge < -0.3 is 9.13 Å². The Morgan fingerprint density at radius 2 is 0.443 bits per heavy atom. The summed E-state index contributed by atoms with van der Waals surface area (Å²) in [4.78, 5) is 16.6. The van der Waals surface area contributed by atoms with Crippen LogP contribution in [-0.4, -0.2) is 33.2 Å². The second-order valence-corrected chi connectivity index (χ2v) is 22.8. The van der Waals surface area contributed by atoms with Crippen LogP contribution in [0.1, 0.15) is 0 Å². The number of hydrogen-bond donors (Lipinski definition) is 0. The lowest BCUT2D eigenvalue weighted by Gasteiger charge is -2.13. The van der Waals surface area contributed by atoms with Crippen molar-refractivity contribution < 1.29 is 0 Å². The SMILES string of the molecule is c1ccc(-c2ccc(-c3cccc(-c4nc(-n5c6ccccc6c6cc(-c7ccc8c(c7)c7ccccc7n8-c7ccccc7)ccc65)nc(-n5c6ccccc6c6cc(-c7ccc8c(c7)c7ccccc7n8-c7ccccc7)ccc65)n4)c3)cc2)cc1. The van der Waals surface area contributed by atoms with E-state index in [1.54, 1.807) is 0 Å². The van der Waals surface area contributed by atoms with Gasteiger partial charge in [-0.1, -0.05) is 206 Å². The summed E-state index contributed by atoms with van der Waals surface area (Å²) in [6.07, 6.45) is 0. The number of fused-ring (bicyclic) bond motifs is 12. The number of aromatic nitrogens is 7. The van der Waals surface area contributed by atoms with E-state index in [1.807, 2.05) is 0 Å². The molecule has 0 bridgehead atoms. The Balaban J connectivity index is 0.812. The highest BCUT2D eigenvalue weighted by Gasteiger charge is 2.23. The van der Waals surface area contributed by atoms with Gasteiger partial charge in [0.2, 0.25) is 11.9 Å². The van der Waals surface area contributed by atoms with Crippen molar-refractivity contribution in [3.05, 3.63) is 309 Å². The largest absolute Gasteiger partial charge is 0.309 e. The topological polar surface area (TPSA) is 58.4 Å². The van der Waals surface area contributed by atoms with E-state index < -0.39 is 0 Å². The molecule has 0 N–H and O–H groups in total. The molecule has 0 aliphatic heterocycles. The van der Waals surface area contributed by atoms with Gasteiger partial charge in [-0.05, 0) is 148 Å². The van der Waals surface area contributed by atoms with Crippen LogP contribution in [0.5, 0.6) is 0 Å². The molecule has 0 unspecified atom stereocenters. The van der Waals surface area contributed by atoms with Crippen LogP contribution in [0.25, 0.3) is 166 Å². The maximum atomic E-state index is 5.60. The van der Waals surface area contributed by atoms with E-state index in [4.69, 9.17) is 15.0 Å². The number of hydrogen-bond acceptors (Lipinski definition) is 3. The first-order chi connectivity index (χ1) is 43.6. The highest BCUT2D eigenvalue weighted by atomic mass is 15.3. The molecule has 0 spiro atoms. The highest BCUT2D eigenvalue weighted by Crippen LogP contribution is 2.42. The zero-order valence-electron chi connectivity index (χ0n) is 47.6. The second-order valence-electron chi connectivity index (χ2n) is 22.8. The van der Waals surface area contributed by atoms with Gasteiger partial charge in [-0.25, -0.2) is 0 Å². The van der Waals surface area contributed by atoms with E-state index in [0.717, 1.165) is 93.9 Å². The standard InChI is InChI=1S/C81H51N7/c1-4-19-52(20-5-1)53-35-37-54(38-36-53)55-21-18-22-60(47-55)79-82-80(87-73-33-16-12-29-65(73)69-50-58(41-45-77(69)87)56-39-43-75-67(48-56)63-27-10-14-31-71(63)85(75)61-23-6-2-7-24-61)84-81(83-79)88-74-34-17-13-30-66(74)70-51-59(42-46-78(70)88)57-40-44-76-68(49-57)64-28-11-15-32-72(64)86(76)62-25-8-3-9-26-62/h1-51H. The molecule has 13 aromatic carbocycles. The summed E-state index contributed by atoms with van der Waals surface area (Å²) < 4.78 is 9.19. The van der Waals surface area contributed by atoms with Crippen LogP contribution in [0.2, 0.25) is 0 Å². The van der Waals surface area contributed by atoms with Crippen molar-refractivity contribution >= 4 is 87.2 Å². The average Bonchev–Trinajstić information content (AvgIpc) is 1.84. The number of nitrogens with zero attached hydrogens (tertiary/aromatic N) is 7. The summed E-state index contributed by atoms with van der Waals surface area (Å²) in [6, 6.07) is 111. The van der Waals surface area contributed by atoms with Crippen LogP contribution in [0.15, 0.2) is 309 Å². The Hall–Kier alpha value is -11.9. The molecule has 88 heavy (non-hydrogen) atoms. The molecule has 0 fully saturated rings. The minimum atomic E-state index is 0.525. The molecule has 0 atom stereocenters. The van der Waals surface area contributed by atoms with Crippen LogP contribution in [0, 0.1) is 0 Å². The predicted octanol–water partition coefficient (Wildman–Crippen LogP) is 20.6. The van der Waals surface area contributed by atoms with Gasteiger partial charge in [-0.2, -0.15) is 15.0 Å². The van der Waals surface area contributed by atoms with E-state index in [-0.39, 0.29) is 0 Å². The Kier molecular flexibility index (Phi) is 11.2. The molecule has 7 nitrogen and oxygen atoms in total. The zero-order valence-corrected chi connectivity index (χ0v) is 47.6. The smallest absolute Gasteiger partial charge is 0.240 e. The molecule has 5 heterocycles. The van der Waals surface area contributed by atoms with Crippen molar-refractivity contribution in [1.29, 1.82) is 0 Å². The number of benzene rings is 13. The van der Waals surface area contributed by atoms with E-state index in [0.29, 0.717) is 17.7 Å². The minimum absolute atomic E-state index is 0.525. The number of rotatable bonds is 9. The summed E-state index contributed by atoms with van der Waals surface area (Å²) in [5.41, 5.74) is 21.0. The summed E-state index contributed by atoms with van der Waals surface area (Å²) in [5.74, 6) is 1.62. The van der Waals surface area contributed by atoms with Gasteiger partial charge in [-0.15, -0.1) is 0 Å². The van der Waals surface area contributed by atoms with Crippen LogP contribution >= 0.6 is 0 Å². The molecule has 0 aliphatic rings. The predicted molar refractivity (Wildman–Crippen MR) is 364 cm³/mol. The molecule has 0 saturated heterocycles. The van der Waals surface area contributed by atoms with Crippen molar-refractivity contribution in [2.24, 2.45) is 0 Å². The molecular formula is C81H51N7. The Morgan fingerprint density at radius 1 is 0.170 bits per heavy atom. The average molecular weight is 1120 g/mol. The van der Waals surface area contributed by atoms with Crippen molar-refractivity contribution in [1.82, 2.24) is 33.2 Å². The normalized spacial score (nSPS) is 11.9. The fraction of sp³-hybridized carbons (Fsp3) is 0. The van der Waals surface area contributed by atoms with Crippen molar-refractivity contribution in [3.63, 3.8) is 0 Å². The van der Waals surface area contributed by atoms with Crippen LogP contribution in [0.3, 0.4) is 0 Å². The van der Waals surface area contributed by atoms with Crippen LogP contribution < -0.4 is 0 Å². The van der Waals surface area contributed by atoms with Gasteiger partial charge in [-0.3, -0.25) is 9.13 Å². The molecule has 18 aromatic rings. The van der Waals surface area contributed by atoms with E-state index >= 15 is 0 Å². The number of para-hydroxylation sites is 6. The van der Waals surface area contributed by atoms with Crippen molar-refractivity contribution in [3.8, 4) is 79.2 Å². The van der Waals surface area contributed by atoms with Gasteiger partial charge >= 0.3 is 0 Å². The summed E-state index contributed by atoms with van der Waals surface area (Å²) in [6.45, 7) is 0. The van der Waals surface area contributed by atoms with Gasteiger partial charge in [0.15, 0.2) is 5.82 Å². The molecule has 18 rings (SSSR count). The highest BCUT2D eigenvalue weighted by molar-refractivity contribution is 6.15. The van der Waals surface area contributed by atoms with Crippen LogP contribution in [0.4, 0.5) is 0 Å². The zero-order chi connectivity index (χ0) is 57.8. The molecule has 0 aliphatic carbocycles. The molecule has 7 heteroatoms. The summed E-state index contributed by atoms with van der Waals surface area (Å²) >= 11 is 0. The minimum Gasteiger partial charge on any atom is -0.309 e. The molecular weight excluding hydrogens is 1070 g/mol. The Labute approximate surface area is 506 Å². The monoisotopic (exact) mass is 1120 g/mol. The summed E-state index contributed by atoms with van der Waals surface area (Å²) in [5, 5.41) is 9.30. The fourth-order valence-electron chi connectivity index (χ4n) is 13.8. The Bertz CT molecular complexity index is 5500. The maximum absolute atomic E-state index is 5.60. The lowest BCUT2D eigenvalue weighted by atomic mass is 9.99. The molecule has 410 valence electrons. The van der Waals surface area contributed by atoms with E-state index in [1.165, 1.54) is 54.7 Å². The fourth-order valence-corrected chi connectivity index (χ4v) is 13.8. The van der Waals surface area contributed by atoms with Gasteiger partial charge in [0.1, 0.15) is 0 Å². The van der Waals surface area contributed by atoms with E-state index in [2.05, 4.69) is 328 Å². The lowest BCUT2D eigenvalue weighted by Crippen LogP contribution is -2.10. The first-order valence-electron chi connectivity index (χ1n) is 29.9. The third-order valence-electron chi connectivity index (χ3n) is 17.8. The molecule has 0 amide bonds. The van der Waals surface area contributed by atoms with E-state index in [9.17, 15) is 0 Å². The first kappa shape index (κ1) is 49.5. The molecule has 0 saturated carbocycles. The van der Waals surface area contributed by atoms with Crippen molar-refractivity contribution in [2.75, 3.05) is 0 Å².